The van der Waals surface area contributed by atoms with Crippen LogP contribution >= 0.6 is 11.6 Å². The van der Waals surface area contributed by atoms with Gasteiger partial charge in [-0.25, -0.2) is 4.79 Å². The van der Waals surface area contributed by atoms with Crippen molar-refractivity contribution < 1.29 is 19.1 Å². The molecule has 5 heteroatoms. The topological polar surface area (TPSA) is 52.6 Å². The molecule has 2 unspecified atom stereocenters. The molecule has 0 N–H and O–H groups in total. The molecule has 4 rings (SSSR count). The van der Waals surface area contributed by atoms with Gasteiger partial charge in [0.2, 0.25) is 0 Å². The van der Waals surface area contributed by atoms with Crippen molar-refractivity contribution in [3.63, 3.8) is 0 Å². The second-order valence-electron chi connectivity index (χ2n) is 6.70. The highest BCUT2D eigenvalue weighted by molar-refractivity contribution is 6.31. The van der Waals surface area contributed by atoms with Gasteiger partial charge in [-0.15, -0.1) is 0 Å². The maximum atomic E-state index is 12.0. The Labute approximate surface area is 156 Å². The summed E-state index contributed by atoms with van der Waals surface area (Å²) in [4.78, 5) is 23.7. The third-order valence-corrected chi connectivity index (χ3v) is 5.32. The van der Waals surface area contributed by atoms with Crippen LogP contribution in [0.3, 0.4) is 0 Å². The molecule has 2 atom stereocenters. The van der Waals surface area contributed by atoms with Crippen molar-refractivity contribution >= 4 is 34.3 Å². The molecule has 4 nitrogen and oxygen atoms in total. The summed E-state index contributed by atoms with van der Waals surface area (Å²) < 4.78 is 11.3. The molecule has 0 heterocycles. The first-order valence-electron chi connectivity index (χ1n) is 8.40. The van der Waals surface area contributed by atoms with Crippen molar-refractivity contribution in [2.24, 2.45) is 0 Å². The van der Waals surface area contributed by atoms with Crippen LogP contribution in [0.4, 0.5) is 0 Å². The molecule has 0 aromatic heterocycles. The number of carbonyl (C=O) groups excluding carboxylic acids is 2. The minimum absolute atomic E-state index is 0.133. The molecule has 2 aliphatic rings. The molecule has 0 aliphatic heterocycles. The number of benzene rings is 2. The zero-order chi connectivity index (χ0) is 18.6. The Morgan fingerprint density at radius 2 is 1.92 bits per heavy atom. The standard InChI is InChI=1S/C21H17ClO4/c1-4-17(24)26-20-14-6-5-13(22)9-16(14)21(25-11(3)23)18-12-7-10(2)15(8-12)19(18)20/h4-7,9,12,15H,1,8H2,2-3H3. The molecule has 2 bridgehead atoms. The molecular weight excluding hydrogens is 352 g/mol. The highest BCUT2D eigenvalue weighted by Gasteiger charge is 2.42. The average molecular weight is 369 g/mol. The monoisotopic (exact) mass is 368 g/mol. The Bertz CT molecular complexity index is 1020. The molecule has 0 fully saturated rings. The lowest BCUT2D eigenvalue weighted by Crippen LogP contribution is -2.12. The second kappa shape index (κ2) is 5.99. The minimum atomic E-state index is -0.520. The lowest BCUT2D eigenvalue weighted by Gasteiger charge is -2.23. The molecule has 2 aliphatic carbocycles. The fraction of sp³-hybridized carbons (Fsp3) is 0.238. The molecule has 0 radical (unpaired) electrons. The summed E-state index contributed by atoms with van der Waals surface area (Å²) in [5, 5.41) is 1.87. The fourth-order valence-corrected chi connectivity index (χ4v) is 4.32. The van der Waals surface area contributed by atoms with Crippen molar-refractivity contribution in [2.75, 3.05) is 0 Å². The van der Waals surface area contributed by atoms with Gasteiger partial charge in [-0.05, 0) is 31.5 Å². The predicted octanol–water partition coefficient (Wildman–Crippen LogP) is 5.04. The van der Waals surface area contributed by atoms with Crippen molar-refractivity contribution in [1.29, 1.82) is 0 Å². The lowest BCUT2D eigenvalue weighted by molar-refractivity contribution is -0.132. The van der Waals surface area contributed by atoms with Gasteiger partial charge in [0, 0.05) is 51.8 Å². The van der Waals surface area contributed by atoms with E-state index in [4.69, 9.17) is 21.1 Å². The largest absolute Gasteiger partial charge is 0.426 e. The molecule has 26 heavy (non-hydrogen) atoms. The zero-order valence-electron chi connectivity index (χ0n) is 14.5. The summed E-state index contributed by atoms with van der Waals surface area (Å²) in [5.74, 6) is 0.388. The molecule has 0 saturated heterocycles. The third-order valence-electron chi connectivity index (χ3n) is 5.09. The van der Waals surface area contributed by atoms with Gasteiger partial charge in [0.1, 0.15) is 11.5 Å². The summed E-state index contributed by atoms with van der Waals surface area (Å²) in [6, 6.07) is 5.26. The SMILES string of the molecule is C=CC(=O)Oc1c2c(c(OC(C)=O)c3cc(Cl)ccc13)C1C=C(C)C2C1. The van der Waals surface area contributed by atoms with E-state index in [2.05, 4.69) is 19.6 Å². The van der Waals surface area contributed by atoms with Crippen molar-refractivity contribution in [1.82, 2.24) is 0 Å². The smallest absolute Gasteiger partial charge is 0.335 e. The Hall–Kier alpha value is -2.59. The van der Waals surface area contributed by atoms with Gasteiger partial charge in [-0.2, -0.15) is 0 Å². The van der Waals surface area contributed by atoms with Gasteiger partial charge in [0.05, 0.1) is 0 Å². The third kappa shape index (κ3) is 2.44. The zero-order valence-corrected chi connectivity index (χ0v) is 15.2. The van der Waals surface area contributed by atoms with E-state index in [-0.39, 0.29) is 11.8 Å². The average Bonchev–Trinajstić information content (AvgIpc) is 3.14. The van der Waals surface area contributed by atoms with Gasteiger partial charge in [0.25, 0.3) is 0 Å². The summed E-state index contributed by atoms with van der Waals surface area (Å²) in [6.07, 6.45) is 4.22. The molecule has 132 valence electrons. The number of allylic oxidation sites excluding steroid dienone is 2. The highest BCUT2D eigenvalue weighted by Crippen LogP contribution is 2.60. The van der Waals surface area contributed by atoms with Crippen LogP contribution in [0.1, 0.15) is 43.2 Å². The van der Waals surface area contributed by atoms with Crippen molar-refractivity contribution in [3.05, 3.63) is 58.7 Å². The van der Waals surface area contributed by atoms with Gasteiger partial charge in [0.15, 0.2) is 0 Å². The predicted molar refractivity (Wildman–Crippen MR) is 100.0 cm³/mol. The number of hydrogen-bond donors (Lipinski definition) is 0. The van der Waals surface area contributed by atoms with Gasteiger partial charge >= 0.3 is 11.9 Å². The minimum Gasteiger partial charge on any atom is -0.426 e. The van der Waals surface area contributed by atoms with Gasteiger partial charge in [-0.3, -0.25) is 4.79 Å². The highest BCUT2D eigenvalue weighted by atomic mass is 35.5. The number of halogens is 1. The fourth-order valence-electron chi connectivity index (χ4n) is 4.15. The summed E-state index contributed by atoms with van der Waals surface area (Å²) >= 11 is 6.19. The van der Waals surface area contributed by atoms with Crippen LogP contribution in [0.5, 0.6) is 11.5 Å². The first-order chi connectivity index (χ1) is 12.4. The quantitative estimate of drug-likeness (QED) is 0.329. The number of ether oxygens (including phenoxy) is 2. The maximum Gasteiger partial charge on any atom is 0.335 e. The Kier molecular flexibility index (Phi) is 3.88. The van der Waals surface area contributed by atoms with E-state index in [0.717, 1.165) is 23.6 Å². The van der Waals surface area contributed by atoms with Gasteiger partial charge < -0.3 is 9.47 Å². The molecule has 0 spiro atoms. The molecule has 2 aromatic rings. The van der Waals surface area contributed by atoms with E-state index in [1.54, 1.807) is 18.2 Å². The number of rotatable bonds is 3. The van der Waals surface area contributed by atoms with Crippen LogP contribution < -0.4 is 9.47 Å². The lowest BCUT2D eigenvalue weighted by atomic mass is 9.87. The first-order valence-corrected chi connectivity index (χ1v) is 8.78. The van der Waals surface area contributed by atoms with Crippen molar-refractivity contribution in [2.45, 2.75) is 32.1 Å². The number of hydrogen-bond acceptors (Lipinski definition) is 4. The Morgan fingerprint density at radius 1 is 1.19 bits per heavy atom. The molecule has 0 saturated carbocycles. The van der Waals surface area contributed by atoms with Crippen LogP contribution in [0, 0.1) is 0 Å². The van der Waals surface area contributed by atoms with E-state index >= 15 is 0 Å². The van der Waals surface area contributed by atoms with Crippen molar-refractivity contribution in [3.8, 4) is 11.5 Å². The van der Waals surface area contributed by atoms with Gasteiger partial charge in [-0.1, -0.05) is 29.8 Å². The first kappa shape index (κ1) is 16.9. The number of fused-ring (bicyclic) bond motifs is 6. The second-order valence-corrected chi connectivity index (χ2v) is 7.14. The van der Waals surface area contributed by atoms with Crippen LogP contribution in [-0.4, -0.2) is 11.9 Å². The van der Waals surface area contributed by atoms with E-state index < -0.39 is 11.9 Å². The molecule has 0 amide bonds. The summed E-state index contributed by atoms with van der Waals surface area (Å²) in [5.41, 5.74) is 3.08. The summed E-state index contributed by atoms with van der Waals surface area (Å²) in [6.45, 7) is 6.94. The normalized spacial score (nSPS) is 19.9. The number of carbonyl (C=O) groups is 2. The Balaban J connectivity index is 2.09. The van der Waals surface area contributed by atoms with E-state index in [1.807, 2.05) is 0 Å². The maximum absolute atomic E-state index is 12.0. The van der Waals surface area contributed by atoms with Crippen LogP contribution in [0.2, 0.25) is 5.02 Å². The van der Waals surface area contributed by atoms with E-state index in [1.165, 1.54) is 12.5 Å². The number of esters is 2. The Morgan fingerprint density at radius 3 is 2.62 bits per heavy atom. The van der Waals surface area contributed by atoms with E-state index in [9.17, 15) is 9.59 Å². The molecule has 2 aromatic carbocycles. The molecular formula is C21H17ClO4. The van der Waals surface area contributed by atoms with Crippen LogP contribution in [-0.2, 0) is 9.59 Å². The summed E-state index contributed by atoms with van der Waals surface area (Å²) in [7, 11) is 0. The van der Waals surface area contributed by atoms with E-state index in [0.29, 0.717) is 27.3 Å². The van der Waals surface area contributed by atoms with Crippen LogP contribution in [0.15, 0.2) is 42.5 Å². The van der Waals surface area contributed by atoms with Crippen LogP contribution in [0.25, 0.3) is 10.8 Å².